The van der Waals surface area contributed by atoms with Crippen LogP contribution in [-0.4, -0.2) is 11.5 Å². The molecule has 0 amide bonds. The number of benzene rings is 1. The number of aromatic nitrogens is 1. The normalized spacial score (nSPS) is 10.3. The molecule has 0 saturated heterocycles. The summed E-state index contributed by atoms with van der Waals surface area (Å²) < 4.78 is 0.885. The zero-order valence-electron chi connectivity index (χ0n) is 10.6. The summed E-state index contributed by atoms with van der Waals surface area (Å²) in [5, 5.41) is 7.26. The molecule has 0 radical (unpaired) electrons. The third-order valence-corrected chi connectivity index (χ3v) is 3.76. The lowest BCUT2D eigenvalue weighted by molar-refractivity contribution is 0.978. The lowest BCUT2D eigenvalue weighted by Gasteiger charge is -2.09. The van der Waals surface area contributed by atoms with Crippen molar-refractivity contribution in [1.82, 2.24) is 4.98 Å². The van der Waals surface area contributed by atoms with Crippen molar-refractivity contribution in [1.29, 1.82) is 0 Å². The van der Waals surface area contributed by atoms with E-state index in [9.17, 15) is 0 Å². The third kappa shape index (κ3) is 4.11. The maximum atomic E-state index is 6.07. The minimum absolute atomic E-state index is 0.679. The van der Waals surface area contributed by atoms with Crippen LogP contribution in [0.2, 0.25) is 5.02 Å². The Morgan fingerprint density at radius 3 is 2.68 bits per heavy atom. The zero-order valence-corrected chi connectivity index (χ0v) is 12.9. The fourth-order valence-corrected chi connectivity index (χ4v) is 2.04. The Hall–Kier alpha value is -1.26. The van der Waals surface area contributed by atoms with Crippen LogP contribution in [0.25, 0.3) is 0 Å². The molecule has 0 atom stereocenters. The first-order valence-corrected chi connectivity index (χ1v) is 7.27. The highest BCUT2D eigenvalue weighted by Crippen LogP contribution is 2.27. The van der Waals surface area contributed by atoms with Crippen molar-refractivity contribution in [3.05, 3.63) is 46.2 Å². The maximum absolute atomic E-state index is 6.07. The highest BCUT2D eigenvalue weighted by Gasteiger charge is 2.01. The van der Waals surface area contributed by atoms with E-state index >= 15 is 0 Å². The van der Waals surface area contributed by atoms with Gasteiger partial charge in [0, 0.05) is 16.7 Å². The van der Waals surface area contributed by atoms with E-state index in [-0.39, 0.29) is 0 Å². The summed E-state index contributed by atoms with van der Waals surface area (Å²) in [5.41, 5.74) is 2.87. The molecule has 2 rings (SSSR count). The Bertz CT molecular complexity index is 560. The number of hydrogen-bond acceptors (Lipinski definition) is 3. The third-order valence-electron chi connectivity index (χ3n) is 2.53. The predicted molar refractivity (Wildman–Crippen MR) is 85.5 cm³/mol. The molecule has 5 heteroatoms. The van der Waals surface area contributed by atoms with E-state index in [1.165, 1.54) is 0 Å². The van der Waals surface area contributed by atoms with E-state index in [1.54, 1.807) is 6.20 Å². The highest BCUT2D eigenvalue weighted by molar-refractivity contribution is 9.10. The number of pyridine rings is 1. The van der Waals surface area contributed by atoms with Crippen molar-refractivity contribution in [3.8, 4) is 0 Å². The molecule has 19 heavy (non-hydrogen) atoms. The molecule has 1 aromatic heterocycles. The number of nitrogens with one attached hydrogen (secondary N) is 2. The quantitative estimate of drug-likeness (QED) is 0.798. The molecule has 1 heterocycles. The summed E-state index contributed by atoms with van der Waals surface area (Å²) in [7, 11) is 0. The second-order valence-corrected chi connectivity index (χ2v) is 5.40. The van der Waals surface area contributed by atoms with Crippen LogP contribution in [-0.2, 0) is 0 Å². The second kappa shape index (κ2) is 6.78. The Morgan fingerprint density at radius 1 is 1.16 bits per heavy atom. The van der Waals surface area contributed by atoms with Crippen LogP contribution in [0.3, 0.4) is 0 Å². The molecule has 2 aromatic rings. The lowest BCUT2D eigenvalue weighted by atomic mass is 10.3. The molecule has 0 saturated carbocycles. The van der Waals surface area contributed by atoms with Gasteiger partial charge in [0.05, 0.1) is 28.8 Å². The van der Waals surface area contributed by atoms with E-state index < -0.39 is 0 Å². The van der Waals surface area contributed by atoms with Crippen molar-refractivity contribution in [2.24, 2.45) is 0 Å². The van der Waals surface area contributed by atoms with E-state index in [0.717, 1.165) is 34.5 Å². The standard InChI is InChI=1S/C14H15BrClN3/c1-2-5-18-11-6-12(9-17-8-11)19-10-3-4-13(15)14(16)7-10/h3-4,6-9,18-19H,2,5H2,1H3. The van der Waals surface area contributed by atoms with Crippen LogP contribution in [0.15, 0.2) is 41.1 Å². The van der Waals surface area contributed by atoms with Crippen molar-refractivity contribution in [2.75, 3.05) is 17.2 Å². The lowest BCUT2D eigenvalue weighted by Crippen LogP contribution is -2.01. The molecule has 1 aromatic carbocycles. The van der Waals surface area contributed by atoms with Gasteiger partial charge < -0.3 is 10.6 Å². The Labute approximate surface area is 126 Å². The van der Waals surface area contributed by atoms with Gasteiger partial charge in [-0.1, -0.05) is 18.5 Å². The molecule has 0 unspecified atom stereocenters. The number of halogens is 2. The summed E-state index contributed by atoms with van der Waals surface area (Å²) in [4.78, 5) is 4.21. The minimum atomic E-state index is 0.679. The molecule has 0 spiro atoms. The second-order valence-electron chi connectivity index (χ2n) is 4.14. The van der Waals surface area contributed by atoms with Crippen molar-refractivity contribution in [2.45, 2.75) is 13.3 Å². The SMILES string of the molecule is CCCNc1cncc(Nc2ccc(Br)c(Cl)c2)c1. The van der Waals surface area contributed by atoms with Gasteiger partial charge in [-0.25, -0.2) is 0 Å². The topological polar surface area (TPSA) is 37.0 Å². The summed E-state index contributed by atoms with van der Waals surface area (Å²) in [6.07, 6.45) is 4.68. The van der Waals surface area contributed by atoms with Gasteiger partial charge in [-0.3, -0.25) is 4.98 Å². The molecule has 0 fully saturated rings. The van der Waals surface area contributed by atoms with Crippen LogP contribution in [0.5, 0.6) is 0 Å². The summed E-state index contributed by atoms with van der Waals surface area (Å²) in [6, 6.07) is 7.77. The Morgan fingerprint density at radius 2 is 1.95 bits per heavy atom. The summed E-state index contributed by atoms with van der Waals surface area (Å²) >= 11 is 9.44. The molecular formula is C14H15BrClN3. The van der Waals surface area contributed by atoms with Crippen molar-refractivity contribution in [3.63, 3.8) is 0 Å². The van der Waals surface area contributed by atoms with E-state index in [0.29, 0.717) is 5.02 Å². The highest BCUT2D eigenvalue weighted by atomic mass is 79.9. The molecular weight excluding hydrogens is 326 g/mol. The fraction of sp³-hybridized carbons (Fsp3) is 0.214. The molecule has 3 nitrogen and oxygen atoms in total. The molecule has 0 aliphatic carbocycles. The van der Waals surface area contributed by atoms with Crippen molar-refractivity contribution < 1.29 is 0 Å². The van der Waals surface area contributed by atoms with Crippen LogP contribution >= 0.6 is 27.5 Å². The minimum Gasteiger partial charge on any atom is -0.384 e. The Kier molecular flexibility index (Phi) is 5.05. The van der Waals surface area contributed by atoms with Gasteiger partial charge >= 0.3 is 0 Å². The number of nitrogens with zero attached hydrogens (tertiary/aromatic N) is 1. The van der Waals surface area contributed by atoms with Crippen LogP contribution in [0.1, 0.15) is 13.3 Å². The molecule has 0 bridgehead atoms. The molecule has 0 aliphatic heterocycles. The first-order valence-electron chi connectivity index (χ1n) is 6.10. The smallest absolute Gasteiger partial charge is 0.0591 e. The van der Waals surface area contributed by atoms with Crippen LogP contribution in [0, 0.1) is 0 Å². The predicted octanol–water partition coefficient (Wildman–Crippen LogP) is 5.06. The van der Waals surface area contributed by atoms with Gasteiger partial charge in [0.2, 0.25) is 0 Å². The number of rotatable bonds is 5. The molecule has 0 aliphatic rings. The monoisotopic (exact) mass is 339 g/mol. The van der Waals surface area contributed by atoms with Gasteiger partial charge in [-0.05, 0) is 46.6 Å². The fourth-order valence-electron chi connectivity index (χ4n) is 1.61. The summed E-state index contributed by atoms with van der Waals surface area (Å²) in [5.74, 6) is 0. The molecule has 100 valence electrons. The van der Waals surface area contributed by atoms with E-state index in [4.69, 9.17) is 11.6 Å². The average molecular weight is 341 g/mol. The van der Waals surface area contributed by atoms with Gasteiger partial charge in [-0.15, -0.1) is 0 Å². The van der Waals surface area contributed by atoms with E-state index in [1.807, 2.05) is 30.5 Å². The largest absolute Gasteiger partial charge is 0.384 e. The maximum Gasteiger partial charge on any atom is 0.0591 e. The Balaban J connectivity index is 2.11. The van der Waals surface area contributed by atoms with Gasteiger partial charge in [0.15, 0.2) is 0 Å². The first kappa shape index (κ1) is 14.2. The van der Waals surface area contributed by atoms with Crippen LogP contribution < -0.4 is 10.6 Å². The number of anilines is 3. The first-order chi connectivity index (χ1) is 9.19. The zero-order chi connectivity index (χ0) is 13.7. The van der Waals surface area contributed by atoms with Gasteiger partial charge in [0.25, 0.3) is 0 Å². The average Bonchev–Trinajstić information content (AvgIpc) is 2.41. The summed E-state index contributed by atoms with van der Waals surface area (Å²) in [6.45, 7) is 3.07. The van der Waals surface area contributed by atoms with Crippen molar-refractivity contribution >= 4 is 44.6 Å². The number of hydrogen-bond donors (Lipinski definition) is 2. The van der Waals surface area contributed by atoms with Crippen LogP contribution in [0.4, 0.5) is 17.1 Å². The van der Waals surface area contributed by atoms with Gasteiger partial charge in [0.1, 0.15) is 0 Å². The van der Waals surface area contributed by atoms with Gasteiger partial charge in [-0.2, -0.15) is 0 Å². The molecule has 2 N–H and O–H groups in total. The van der Waals surface area contributed by atoms with E-state index in [2.05, 4.69) is 38.5 Å².